The van der Waals surface area contributed by atoms with Crippen LogP contribution in [0.1, 0.15) is 6.92 Å². The van der Waals surface area contributed by atoms with E-state index in [4.69, 9.17) is 4.74 Å². The molecule has 7 nitrogen and oxygen atoms in total. The van der Waals surface area contributed by atoms with Crippen molar-refractivity contribution < 1.29 is 13.2 Å². The summed E-state index contributed by atoms with van der Waals surface area (Å²) >= 11 is 0. The third-order valence-corrected chi connectivity index (χ3v) is 6.02. The Morgan fingerprint density at radius 3 is 2.53 bits per heavy atom. The van der Waals surface area contributed by atoms with Crippen molar-refractivity contribution in [2.75, 3.05) is 12.9 Å². The summed E-state index contributed by atoms with van der Waals surface area (Å²) in [7, 11) is -1.74. The first-order chi connectivity index (χ1) is 14.3. The van der Waals surface area contributed by atoms with Gasteiger partial charge in [-0.3, -0.25) is 4.79 Å². The molecule has 30 heavy (non-hydrogen) atoms. The van der Waals surface area contributed by atoms with Gasteiger partial charge in [0.25, 0.3) is 5.56 Å². The molecular weight excluding hydrogens is 402 g/mol. The lowest BCUT2D eigenvalue weighted by molar-refractivity contribution is 0.341. The molecule has 0 aliphatic carbocycles. The minimum atomic E-state index is -3.42. The van der Waals surface area contributed by atoms with Crippen LogP contribution in [0.5, 0.6) is 5.75 Å². The van der Waals surface area contributed by atoms with Gasteiger partial charge in [0, 0.05) is 48.4 Å². The van der Waals surface area contributed by atoms with E-state index in [1.54, 1.807) is 42.3 Å². The van der Waals surface area contributed by atoms with Crippen LogP contribution in [0.2, 0.25) is 0 Å². The second-order valence-corrected chi connectivity index (χ2v) is 9.02. The third kappa shape index (κ3) is 3.50. The van der Waals surface area contributed by atoms with Crippen LogP contribution < -0.4 is 10.3 Å². The highest BCUT2D eigenvalue weighted by atomic mass is 32.2. The van der Waals surface area contributed by atoms with E-state index in [1.165, 1.54) is 16.9 Å². The number of sulfone groups is 1. The SMILES string of the molecule is CCOc1ccc(S(C)(=O)=O)cc1-c1cn(C)c(=O)c2ccc(-n3cccn3)cc12. The van der Waals surface area contributed by atoms with Crippen molar-refractivity contribution >= 4 is 20.6 Å². The van der Waals surface area contributed by atoms with Gasteiger partial charge < -0.3 is 9.30 Å². The number of aromatic nitrogens is 3. The highest BCUT2D eigenvalue weighted by molar-refractivity contribution is 7.90. The number of aryl methyl sites for hydroxylation is 1. The normalized spacial score (nSPS) is 11.7. The van der Waals surface area contributed by atoms with Crippen LogP contribution in [0.3, 0.4) is 0 Å². The summed E-state index contributed by atoms with van der Waals surface area (Å²) in [4.78, 5) is 12.9. The van der Waals surface area contributed by atoms with E-state index in [0.717, 1.165) is 5.69 Å². The van der Waals surface area contributed by atoms with Gasteiger partial charge in [-0.05, 0) is 54.8 Å². The summed E-state index contributed by atoms with van der Waals surface area (Å²) in [5, 5.41) is 5.48. The van der Waals surface area contributed by atoms with Gasteiger partial charge in [-0.2, -0.15) is 5.10 Å². The maximum atomic E-state index is 12.8. The predicted octanol–water partition coefficient (Wildman–Crippen LogP) is 3.19. The zero-order valence-electron chi connectivity index (χ0n) is 16.9. The van der Waals surface area contributed by atoms with Crippen molar-refractivity contribution in [3.05, 3.63) is 71.4 Å². The molecule has 2 aromatic heterocycles. The summed E-state index contributed by atoms with van der Waals surface area (Å²) in [5.41, 5.74) is 1.96. The quantitative estimate of drug-likeness (QED) is 0.492. The number of hydrogen-bond acceptors (Lipinski definition) is 5. The van der Waals surface area contributed by atoms with Crippen LogP contribution in [0, 0.1) is 0 Å². The zero-order chi connectivity index (χ0) is 21.5. The van der Waals surface area contributed by atoms with Crippen LogP contribution in [0.4, 0.5) is 0 Å². The molecule has 0 amide bonds. The molecule has 0 radical (unpaired) electrons. The average Bonchev–Trinajstić information content (AvgIpc) is 3.25. The van der Waals surface area contributed by atoms with Crippen molar-refractivity contribution in [3.63, 3.8) is 0 Å². The Morgan fingerprint density at radius 2 is 1.87 bits per heavy atom. The smallest absolute Gasteiger partial charge is 0.258 e. The number of nitrogens with zero attached hydrogens (tertiary/aromatic N) is 3. The summed E-state index contributed by atoms with van der Waals surface area (Å²) in [6.45, 7) is 2.29. The molecule has 0 fully saturated rings. The zero-order valence-corrected chi connectivity index (χ0v) is 17.7. The van der Waals surface area contributed by atoms with Crippen molar-refractivity contribution in [3.8, 4) is 22.6 Å². The van der Waals surface area contributed by atoms with Crippen LogP contribution in [0.25, 0.3) is 27.6 Å². The first-order valence-corrected chi connectivity index (χ1v) is 11.3. The van der Waals surface area contributed by atoms with Gasteiger partial charge in [0.2, 0.25) is 0 Å². The van der Waals surface area contributed by atoms with Gasteiger partial charge in [0.1, 0.15) is 5.75 Å². The molecule has 2 heterocycles. The van der Waals surface area contributed by atoms with Crippen molar-refractivity contribution in [2.24, 2.45) is 7.05 Å². The molecular formula is C22H21N3O4S. The third-order valence-electron chi connectivity index (χ3n) is 4.90. The van der Waals surface area contributed by atoms with Crippen LogP contribution in [-0.4, -0.2) is 35.6 Å². The lowest BCUT2D eigenvalue weighted by atomic mass is 9.99. The minimum Gasteiger partial charge on any atom is -0.493 e. The average molecular weight is 423 g/mol. The largest absolute Gasteiger partial charge is 0.493 e. The molecule has 0 saturated carbocycles. The molecule has 154 valence electrons. The maximum absolute atomic E-state index is 12.8. The highest BCUT2D eigenvalue weighted by Gasteiger charge is 2.17. The molecule has 2 aromatic carbocycles. The molecule has 4 aromatic rings. The van der Waals surface area contributed by atoms with E-state index in [0.29, 0.717) is 34.3 Å². The molecule has 0 unspecified atom stereocenters. The van der Waals surface area contributed by atoms with Gasteiger partial charge in [-0.25, -0.2) is 13.1 Å². The number of ether oxygens (including phenoxy) is 1. The molecule has 0 atom stereocenters. The van der Waals surface area contributed by atoms with Gasteiger partial charge >= 0.3 is 0 Å². The predicted molar refractivity (Wildman–Crippen MR) is 116 cm³/mol. The van der Waals surface area contributed by atoms with Gasteiger partial charge in [-0.15, -0.1) is 0 Å². The van der Waals surface area contributed by atoms with Crippen LogP contribution in [0.15, 0.2) is 70.7 Å². The number of hydrogen-bond donors (Lipinski definition) is 0. The lowest BCUT2D eigenvalue weighted by Crippen LogP contribution is -2.17. The summed E-state index contributed by atoms with van der Waals surface area (Å²) in [6.07, 6.45) is 6.37. The Labute approximate surface area is 174 Å². The van der Waals surface area contributed by atoms with Gasteiger partial charge in [-0.1, -0.05) is 0 Å². The fourth-order valence-corrected chi connectivity index (χ4v) is 4.11. The Bertz CT molecular complexity index is 1400. The van der Waals surface area contributed by atoms with E-state index in [9.17, 15) is 13.2 Å². The number of pyridine rings is 1. The first-order valence-electron chi connectivity index (χ1n) is 9.40. The Kier molecular flexibility index (Phi) is 4.95. The summed E-state index contributed by atoms with van der Waals surface area (Å²) in [6, 6.07) is 12.1. The molecule has 0 aliphatic heterocycles. The van der Waals surface area contributed by atoms with E-state index in [2.05, 4.69) is 5.10 Å². The molecule has 0 bridgehead atoms. The lowest BCUT2D eigenvalue weighted by Gasteiger charge is -2.16. The Morgan fingerprint density at radius 1 is 1.07 bits per heavy atom. The molecule has 0 N–H and O–H groups in total. The fourth-order valence-electron chi connectivity index (χ4n) is 3.46. The van der Waals surface area contributed by atoms with E-state index < -0.39 is 9.84 Å². The van der Waals surface area contributed by atoms with Gasteiger partial charge in [0.05, 0.1) is 17.2 Å². The van der Waals surface area contributed by atoms with Crippen molar-refractivity contribution in [1.82, 2.24) is 14.3 Å². The number of fused-ring (bicyclic) bond motifs is 1. The standard InChI is InChI=1S/C22H21N3O4S/c1-4-29-21-9-7-16(30(3,27)28)13-19(21)20-14-24(2)22(26)17-8-6-15(12-18(17)20)25-11-5-10-23-25/h5-14H,4H2,1-3H3. The van der Waals surface area contributed by atoms with E-state index >= 15 is 0 Å². The van der Waals surface area contributed by atoms with Crippen LogP contribution in [-0.2, 0) is 16.9 Å². The molecule has 0 saturated heterocycles. The molecule has 0 spiro atoms. The monoisotopic (exact) mass is 423 g/mol. The van der Waals surface area contributed by atoms with Crippen molar-refractivity contribution in [1.29, 1.82) is 0 Å². The number of benzene rings is 2. The topological polar surface area (TPSA) is 83.2 Å². The summed E-state index contributed by atoms with van der Waals surface area (Å²) < 4.78 is 33.3. The molecule has 0 aliphatic rings. The Hall–Kier alpha value is -3.39. The molecule has 4 rings (SSSR count). The summed E-state index contributed by atoms with van der Waals surface area (Å²) in [5.74, 6) is 0.550. The van der Waals surface area contributed by atoms with Crippen molar-refractivity contribution in [2.45, 2.75) is 11.8 Å². The first kappa shape index (κ1) is 19.9. The maximum Gasteiger partial charge on any atom is 0.258 e. The van der Waals surface area contributed by atoms with E-state index in [1.807, 2.05) is 31.3 Å². The van der Waals surface area contributed by atoms with Crippen LogP contribution >= 0.6 is 0 Å². The fraction of sp³-hybridized carbons (Fsp3) is 0.182. The second kappa shape index (κ2) is 7.46. The molecule has 8 heteroatoms. The van der Waals surface area contributed by atoms with E-state index in [-0.39, 0.29) is 10.5 Å². The Balaban J connectivity index is 2.08. The number of rotatable bonds is 5. The second-order valence-electron chi connectivity index (χ2n) is 7.00. The highest BCUT2D eigenvalue weighted by Crippen LogP contribution is 2.36. The minimum absolute atomic E-state index is 0.141. The van der Waals surface area contributed by atoms with Gasteiger partial charge in [0.15, 0.2) is 9.84 Å².